The molecule has 10 heteroatoms. The second-order valence-corrected chi connectivity index (χ2v) is 7.93. The lowest BCUT2D eigenvalue weighted by Crippen LogP contribution is -2.54. The number of aromatic nitrogens is 3. The maximum atomic E-state index is 12.1. The molecule has 3 rings (SSSR count). The summed E-state index contributed by atoms with van der Waals surface area (Å²) >= 11 is 0. The first-order chi connectivity index (χ1) is 15.0. The highest BCUT2D eigenvalue weighted by Crippen LogP contribution is 2.06. The molecular formula is C21H34N8O2. The monoisotopic (exact) mass is 430 g/mol. The predicted octanol–water partition coefficient (Wildman–Crippen LogP) is 0.722. The first-order valence-electron chi connectivity index (χ1n) is 11.0. The van der Waals surface area contributed by atoms with E-state index in [1.165, 1.54) is 0 Å². The number of furan rings is 1. The second kappa shape index (κ2) is 11.5. The average molecular weight is 431 g/mol. The number of carbonyl (C=O) groups excluding carboxylic acids is 1. The lowest BCUT2D eigenvalue weighted by Gasteiger charge is -2.36. The minimum Gasteiger partial charge on any atom is -0.467 e. The Morgan fingerprint density at radius 2 is 2.10 bits per heavy atom. The van der Waals surface area contributed by atoms with E-state index in [9.17, 15) is 4.79 Å². The van der Waals surface area contributed by atoms with Crippen molar-refractivity contribution in [3.8, 4) is 0 Å². The number of rotatable bonds is 9. The van der Waals surface area contributed by atoms with Crippen LogP contribution >= 0.6 is 0 Å². The summed E-state index contributed by atoms with van der Waals surface area (Å²) in [5.41, 5.74) is 0. The number of amides is 1. The van der Waals surface area contributed by atoms with Crippen LogP contribution in [0.5, 0.6) is 0 Å². The van der Waals surface area contributed by atoms with Gasteiger partial charge in [-0.1, -0.05) is 6.92 Å². The zero-order chi connectivity index (χ0) is 22.1. The number of nitrogens with zero attached hydrogens (tertiary/aromatic N) is 6. The van der Waals surface area contributed by atoms with Crippen LogP contribution in [0, 0.1) is 0 Å². The van der Waals surface area contributed by atoms with Crippen molar-refractivity contribution < 1.29 is 9.21 Å². The van der Waals surface area contributed by atoms with Crippen LogP contribution in [-0.2, 0) is 24.3 Å². The summed E-state index contributed by atoms with van der Waals surface area (Å²) in [5.74, 6) is 2.74. The molecule has 31 heavy (non-hydrogen) atoms. The Bertz CT molecular complexity index is 822. The summed E-state index contributed by atoms with van der Waals surface area (Å²) < 4.78 is 7.49. The first-order valence-corrected chi connectivity index (χ1v) is 11.0. The number of hydrogen-bond acceptors (Lipinski definition) is 6. The highest BCUT2D eigenvalue weighted by molar-refractivity contribution is 5.80. The van der Waals surface area contributed by atoms with Gasteiger partial charge in [0.1, 0.15) is 24.5 Å². The van der Waals surface area contributed by atoms with E-state index in [4.69, 9.17) is 9.41 Å². The van der Waals surface area contributed by atoms with Gasteiger partial charge < -0.3 is 24.5 Å². The van der Waals surface area contributed by atoms with Crippen LogP contribution in [0.4, 0.5) is 0 Å². The van der Waals surface area contributed by atoms with Gasteiger partial charge in [0, 0.05) is 51.7 Å². The molecule has 0 saturated carbocycles. The Kier molecular flexibility index (Phi) is 8.45. The van der Waals surface area contributed by atoms with Crippen LogP contribution in [-0.4, -0.2) is 81.7 Å². The lowest BCUT2D eigenvalue weighted by molar-refractivity contribution is -0.123. The van der Waals surface area contributed by atoms with Crippen molar-refractivity contribution >= 4 is 11.9 Å². The van der Waals surface area contributed by atoms with Crippen molar-refractivity contribution in [1.29, 1.82) is 0 Å². The van der Waals surface area contributed by atoms with Gasteiger partial charge in [-0.25, -0.2) is 4.99 Å². The number of nitrogens with one attached hydrogen (secondary N) is 2. The van der Waals surface area contributed by atoms with Crippen molar-refractivity contribution in [1.82, 2.24) is 35.2 Å². The third kappa shape index (κ3) is 7.09. The van der Waals surface area contributed by atoms with Gasteiger partial charge in [-0.15, -0.1) is 10.2 Å². The van der Waals surface area contributed by atoms with Gasteiger partial charge in [-0.3, -0.25) is 9.69 Å². The molecule has 10 nitrogen and oxygen atoms in total. The van der Waals surface area contributed by atoms with E-state index in [-0.39, 0.29) is 11.9 Å². The molecule has 0 aromatic carbocycles. The van der Waals surface area contributed by atoms with Crippen molar-refractivity contribution in [3.63, 3.8) is 0 Å². The summed E-state index contributed by atoms with van der Waals surface area (Å²) in [4.78, 5) is 21.3. The number of piperazine rings is 1. The Morgan fingerprint density at radius 1 is 1.29 bits per heavy atom. The first kappa shape index (κ1) is 22.8. The number of aryl methyl sites for hydroxylation is 1. The molecule has 0 spiro atoms. The molecule has 3 heterocycles. The number of guanidine groups is 1. The fraction of sp³-hybridized carbons (Fsp3) is 0.619. The third-order valence-corrected chi connectivity index (χ3v) is 5.10. The number of carbonyl (C=O) groups is 1. The molecule has 0 unspecified atom stereocenters. The van der Waals surface area contributed by atoms with Crippen LogP contribution in [0.3, 0.4) is 0 Å². The lowest BCUT2D eigenvalue weighted by atomic mass is 10.3. The summed E-state index contributed by atoms with van der Waals surface area (Å²) in [5, 5.41) is 14.6. The van der Waals surface area contributed by atoms with Crippen molar-refractivity contribution in [2.24, 2.45) is 4.99 Å². The topological polar surface area (TPSA) is 104 Å². The molecule has 2 aromatic heterocycles. The summed E-state index contributed by atoms with van der Waals surface area (Å²) in [6.45, 7) is 11.7. The minimum absolute atomic E-state index is 0.0777. The van der Waals surface area contributed by atoms with Gasteiger partial charge in [0.15, 0.2) is 5.96 Å². The molecule has 0 aliphatic carbocycles. The van der Waals surface area contributed by atoms with E-state index in [0.717, 1.165) is 63.2 Å². The van der Waals surface area contributed by atoms with Gasteiger partial charge in [0.2, 0.25) is 5.91 Å². The van der Waals surface area contributed by atoms with Gasteiger partial charge in [-0.2, -0.15) is 0 Å². The van der Waals surface area contributed by atoms with E-state index in [1.54, 1.807) is 12.6 Å². The highest BCUT2D eigenvalue weighted by Gasteiger charge is 2.21. The normalized spacial score (nSPS) is 15.5. The molecule has 2 N–H and O–H groups in total. The molecule has 0 radical (unpaired) electrons. The van der Waals surface area contributed by atoms with E-state index in [0.29, 0.717) is 13.1 Å². The Balaban J connectivity index is 1.55. The fourth-order valence-corrected chi connectivity index (χ4v) is 3.54. The van der Waals surface area contributed by atoms with Crippen molar-refractivity contribution in [3.05, 3.63) is 36.3 Å². The van der Waals surface area contributed by atoms with Crippen molar-refractivity contribution in [2.45, 2.75) is 46.3 Å². The maximum Gasteiger partial charge on any atom is 0.234 e. The molecule has 170 valence electrons. The van der Waals surface area contributed by atoms with E-state index in [2.05, 4.69) is 42.1 Å². The Labute approximate surface area is 183 Å². The minimum atomic E-state index is 0.0777. The Hall–Kier alpha value is -2.88. The predicted molar refractivity (Wildman–Crippen MR) is 119 cm³/mol. The largest absolute Gasteiger partial charge is 0.467 e. The molecule has 0 bridgehead atoms. The van der Waals surface area contributed by atoms with Gasteiger partial charge in [0.05, 0.1) is 12.8 Å². The average Bonchev–Trinajstić information content (AvgIpc) is 3.42. The van der Waals surface area contributed by atoms with Crippen LogP contribution in [0.15, 0.2) is 34.1 Å². The SMILES string of the molecule is CCc1nncn1CCNC(=NCc1ccco1)N1CCN(CC(=O)NC(C)C)CC1. The molecule has 1 saturated heterocycles. The van der Waals surface area contributed by atoms with Crippen LogP contribution < -0.4 is 10.6 Å². The van der Waals surface area contributed by atoms with Crippen LogP contribution in [0.25, 0.3) is 0 Å². The smallest absolute Gasteiger partial charge is 0.234 e. The molecule has 1 aliphatic rings. The zero-order valence-corrected chi connectivity index (χ0v) is 18.8. The van der Waals surface area contributed by atoms with E-state index in [1.807, 2.05) is 26.0 Å². The van der Waals surface area contributed by atoms with Crippen LogP contribution in [0.1, 0.15) is 32.4 Å². The molecule has 1 aliphatic heterocycles. The van der Waals surface area contributed by atoms with E-state index >= 15 is 0 Å². The van der Waals surface area contributed by atoms with Gasteiger partial charge in [0.25, 0.3) is 0 Å². The zero-order valence-electron chi connectivity index (χ0n) is 18.8. The molecule has 1 fully saturated rings. The van der Waals surface area contributed by atoms with Gasteiger partial charge in [-0.05, 0) is 26.0 Å². The molecule has 0 atom stereocenters. The second-order valence-electron chi connectivity index (χ2n) is 7.93. The standard InChI is InChI=1S/C21H34N8O2/c1-4-19-26-24-16-29(19)8-7-22-21(23-14-18-6-5-13-31-18)28-11-9-27(10-12-28)15-20(30)25-17(2)3/h5-6,13,16-17H,4,7-12,14-15H2,1-3H3,(H,22,23)(H,25,30). The third-order valence-electron chi connectivity index (χ3n) is 5.10. The molecule has 2 aromatic rings. The van der Waals surface area contributed by atoms with E-state index < -0.39 is 0 Å². The van der Waals surface area contributed by atoms with Gasteiger partial charge >= 0.3 is 0 Å². The van der Waals surface area contributed by atoms with Crippen LogP contribution in [0.2, 0.25) is 0 Å². The number of hydrogen-bond donors (Lipinski definition) is 2. The van der Waals surface area contributed by atoms with Crippen molar-refractivity contribution in [2.75, 3.05) is 39.3 Å². The molecular weight excluding hydrogens is 396 g/mol. The quantitative estimate of drug-likeness (QED) is 0.446. The Morgan fingerprint density at radius 3 is 2.77 bits per heavy atom. The summed E-state index contributed by atoms with van der Waals surface area (Å²) in [7, 11) is 0. The highest BCUT2D eigenvalue weighted by atomic mass is 16.3. The molecule has 1 amide bonds. The maximum absolute atomic E-state index is 12.1. The summed E-state index contributed by atoms with van der Waals surface area (Å²) in [6.07, 6.45) is 4.28. The summed E-state index contributed by atoms with van der Waals surface area (Å²) in [6, 6.07) is 3.96. The fourth-order valence-electron chi connectivity index (χ4n) is 3.54. The number of aliphatic imine (C=N–C) groups is 1.